The van der Waals surface area contributed by atoms with Crippen LogP contribution in [0, 0.1) is 0 Å². The van der Waals surface area contributed by atoms with Gasteiger partial charge < -0.3 is 15.0 Å². The highest BCUT2D eigenvalue weighted by molar-refractivity contribution is 5.98. The van der Waals surface area contributed by atoms with Crippen LogP contribution in [0.2, 0.25) is 0 Å². The number of carbonyl (C=O) groups is 1. The van der Waals surface area contributed by atoms with Gasteiger partial charge in [-0.15, -0.1) is 0 Å². The molecule has 0 bridgehead atoms. The number of ether oxygens (including phenoxy) is 1. The summed E-state index contributed by atoms with van der Waals surface area (Å²) in [6.45, 7) is 2.17. The molecule has 0 spiro atoms. The van der Waals surface area contributed by atoms with Crippen molar-refractivity contribution in [1.82, 2.24) is 10.2 Å². The molecule has 21 heavy (non-hydrogen) atoms. The third kappa shape index (κ3) is 2.49. The highest BCUT2D eigenvalue weighted by Gasteiger charge is 2.47. The smallest absolute Gasteiger partial charge is 0.250 e. The summed E-state index contributed by atoms with van der Waals surface area (Å²) in [5.41, 5.74) is 2.50. The Labute approximate surface area is 125 Å². The topological polar surface area (TPSA) is 41.6 Å². The minimum atomic E-state index is -0.592. The minimum Gasteiger partial charge on any atom is -0.361 e. The molecule has 4 heteroatoms. The minimum absolute atomic E-state index is 0.0383. The van der Waals surface area contributed by atoms with Crippen molar-refractivity contribution >= 4 is 5.91 Å². The fourth-order valence-electron chi connectivity index (χ4n) is 3.25. The first-order valence-electron chi connectivity index (χ1n) is 7.48. The maximum atomic E-state index is 12.4. The van der Waals surface area contributed by atoms with Crippen molar-refractivity contribution in [2.75, 3.05) is 33.8 Å². The molecule has 1 atom stereocenters. The Morgan fingerprint density at radius 3 is 2.76 bits per heavy atom. The maximum Gasteiger partial charge on any atom is 0.250 e. The fourth-order valence-corrected chi connectivity index (χ4v) is 3.25. The van der Waals surface area contributed by atoms with E-state index < -0.39 is 5.60 Å². The van der Waals surface area contributed by atoms with Gasteiger partial charge in [-0.05, 0) is 38.1 Å². The van der Waals surface area contributed by atoms with Crippen LogP contribution in [0.15, 0.2) is 41.5 Å². The van der Waals surface area contributed by atoms with Gasteiger partial charge in [-0.3, -0.25) is 4.79 Å². The van der Waals surface area contributed by atoms with Crippen molar-refractivity contribution in [2.45, 2.75) is 18.4 Å². The summed E-state index contributed by atoms with van der Waals surface area (Å²) in [5.74, 6) is 0.0383. The van der Waals surface area contributed by atoms with E-state index in [-0.39, 0.29) is 5.91 Å². The number of rotatable bonds is 4. The predicted molar refractivity (Wildman–Crippen MR) is 81.9 cm³/mol. The standard InChI is InChI=1S/C17H22N2O2/c1-19(2)11-9-17(14-6-4-3-5-7-14)15-13(12-21-17)8-10-18-16(15)20/h3-7H,8-12H2,1-2H3,(H,18,20). The van der Waals surface area contributed by atoms with Gasteiger partial charge in [-0.25, -0.2) is 0 Å². The molecule has 0 radical (unpaired) electrons. The summed E-state index contributed by atoms with van der Waals surface area (Å²) in [6, 6.07) is 10.1. The van der Waals surface area contributed by atoms with Crippen molar-refractivity contribution in [3.8, 4) is 0 Å². The molecular formula is C17H22N2O2. The Kier molecular flexibility index (Phi) is 3.83. The van der Waals surface area contributed by atoms with Crippen molar-refractivity contribution in [1.29, 1.82) is 0 Å². The van der Waals surface area contributed by atoms with Crippen molar-refractivity contribution in [3.63, 3.8) is 0 Å². The van der Waals surface area contributed by atoms with E-state index in [1.165, 1.54) is 5.57 Å². The average molecular weight is 286 g/mol. The van der Waals surface area contributed by atoms with Gasteiger partial charge in [0.1, 0.15) is 5.60 Å². The second-order valence-corrected chi connectivity index (χ2v) is 6.02. The van der Waals surface area contributed by atoms with Crippen LogP contribution in [0.25, 0.3) is 0 Å². The maximum absolute atomic E-state index is 12.4. The van der Waals surface area contributed by atoms with E-state index in [1.54, 1.807) is 0 Å². The van der Waals surface area contributed by atoms with E-state index in [4.69, 9.17) is 4.74 Å². The first kappa shape index (κ1) is 14.3. The monoisotopic (exact) mass is 286 g/mol. The fraction of sp³-hybridized carbons (Fsp3) is 0.471. The summed E-state index contributed by atoms with van der Waals surface area (Å²) in [5, 5.41) is 2.98. The third-order valence-electron chi connectivity index (χ3n) is 4.34. The second-order valence-electron chi connectivity index (χ2n) is 6.02. The van der Waals surface area contributed by atoms with Crippen molar-refractivity contribution < 1.29 is 9.53 Å². The molecule has 1 aromatic rings. The molecule has 2 aliphatic heterocycles. The number of benzene rings is 1. The summed E-state index contributed by atoms with van der Waals surface area (Å²) in [4.78, 5) is 14.6. The average Bonchev–Trinajstić information content (AvgIpc) is 2.88. The highest BCUT2D eigenvalue weighted by atomic mass is 16.5. The molecule has 2 aliphatic rings. The second kappa shape index (κ2) is 5.62. The number of nitrogens with zero attached hydrogens (tertiary/aromatic N) is 1. The molecule has 0 saturated heterocycles. The van der Waals surface area contributed by atoms with Crippen LogP contribution < -0.4 is 5.32 Å². The van der Waals surface area contributed by atoms with E-state index in [2.05, 4.69) is 22.3 Å². The van der Waals surface area contributed by atoms with Crippen LogP contribution in [-0.4, -0.2) is 44.6 Å². The molecule has 0 aromatic heterocycles. The van der Waals surface area contributed by atoms with E-state index in [1.807, 2.05) is 32.3 Å². The Balaban J connectivity index is 2.05. The van der Waals surface area contributed by atoms with Crippen molar-refractivity contribution in [3.05, 3.63) is 47.0 Å². The summed E-state index contributed by atoms with van der Waals surface area (Å²) in [7, 11) is 4.09. The predicted octanol–water partition coefficient (Wildman–Crippen LogP) is 1.68. The lowest BCUT2D eigenvalue weighted by molar-refractivity contribution is -0.120. The van der Waals surface area contributed by atoms with Gasteiger partial charge in [0.25, 0.3) is 5.91 Å². The Morgan fingerprint density at radius 1 is 1.29 bits per heavy atom. The lowest BCUT2D eigenvalue weighted by Crippen LogP contribution is -2.41. The first-order valence-corrected chi connectivity index (χ1v) is 7.48. The van der Waals surface area contributed by atoms with Crippen LogP contribution in [0.4, 0.5) is 0 Å². The number of hydrogen-bond acceptors (Lipinski definition) is 3. The Bertz CT molecular complexity index is 565. The number of nitrogens with one attached hydrogen (secondary N) is 1. The zero-order valence-electron chi connectivity index (χ0n) is 12.7. The molecule has 112 valence electrons. The molecule has 3 rings (SSSR count). The lowest BCUT2D eigenvalue weighted by atomic mass is 9.80. The molecule has 1 unspecified atom stereocenters. The summed E-state index contributed by atoms with van der Waals surface area (Å²) in [6.07, 6.45) is 1.69. The van der Waals surface area contributed by atoms with Gasteiger partial charge in [0.2, 0.25) is 0 Å². The molecule has 0 fully saturated rings. The third-order valence-corrected chi connectivity index (χ3v) is 4.34. The number of carbonyl (C=O) groups excluding carboxylic acids is 1. The van der Waals surface area contributed by atoms with Gasteiger partial charge in [0.15, 0.2) is 0 Å². The SMILES string of the molecule is CN(C)CCC1(c2ccccc2)OCC2=C1C(=O)NCC2. The van der Waals surface area contributed by atoms with Crippen LogP contribution in [0.3, 0.4) is 0 Å². The van der Waals surface area contributed by atoms with Gasteiger partial charge in [-0.1, -0.05) is 30.3 Å². The summed E-state index contributed by atoms with van der Waals surface area (Å²) < 4.78 is 6.23. The molecule has 0 aliphatic carbocycles. The molecule has 1 aromatic carbocycles. The van der Waals surface area contributed by atoms with Crippen LogP contribution in [0.1, 0.15) is 18.4 Å². The molecule has 4 nitrogen and oxygen atoms in total. The van der Waals surface area contributed by atoms with Crippen LogP contribution in [0.5, 0.6) is 0 Å². The quantitative estimate of drug-likeness (QED) is 0.915. The molecule has 1 N–H and O–H groups in total. The lowest BCUT2D eigenvalue weighted by Gasteiger charge is -2.33. The van der Waals surface area contributed by atoms with E-state index in [9.17, 15) is 4.79 Å². The Morgan fingerprint density at radius 2 is 2.05 bits per heavy atom. The van der Waals surface area contributed by atoms with Gasteiger partial charge >= 0.3 is 0 Å². The normalized spacial score (nSPS) is 25.2. The summed E-state index contributed by atoms with van der Waals surface area (Å²) >= 11 is 0. The first-order chi connectivity index (χ1) is 10.1. The number of amides is 1. The van der Waals surface area contributed by atoms with E-state index in [0.717, 1.165) is 37.1 Å². The van der Waals surface area contributed by atoms with Gasteiger partial charge in [-0.2, -0.15) is 0 Å². The van der Waals surface area contributed by atoms with E-state index >= 15 is 0 Å². The zero-order chi connectivity index (χ0) is 14.9. The molecule has 0 saturated carbocycles. The molecule has 2 heterocycles. The van der Waals surface area contributed by atoms with Crippen LogP contribution >= 0.6 is 0 Å². The zero-order valence-corrected chi connectivity index (χ0v) is 12.7. The number of hydrogen-bond donors (Lipinski definition) is 1. The molecule has 1 amide bonds. The highest BCUT2D eigenvalue weighted by Crippen LogP contribution is 2.45. The van der Waals surface area contributed by atoms with E-state index in [0.29, 0.717) is 6.61 Å². The van der Waals surface area contributed by atoms with Crippen LogP contribution in [-0.2, 0) is 15.1 Å². The Hall–Kier alpha value is -1.65. The van der Waals surface area contributed by atoms with Gasteiger partial charge in [0, 0.05) is 13.1 Å². The van der Waals surface area contributed by atoms with Gasteiger partial charge in [0.05, 0.1) is 12.2 Å². The molecular weight excluding hydrogens is 264 g/mol. The van der Waals surface area contributed by atoms with Crippen molar-refractivity contribution in [2.24, 2.45) is 0 Å². The largest absolute Gasteiger partial charge is 0.361 e.